The molecule has 4 nitrogen and oxygen atoms in total. The molecule has 116 valence electrons. The van der Waals surface area contributed by atoms with Crippen molar-refractivity contribution in [3.8, 4) is 11.3 Å². The van der Waals surface area contributed by atoms with E-state index in [4.69, 9.17) is 4.74 Å². The Bertz CT molecular complexity index is 783. The van der Waals surface area contributed by atoms with Crippen molar-refractivity contribution < 1.29 is 13.9 Å². The van der Waals surface area contributed by atoms with E-state index in [2.05, 4.69) is 4.98 Å². The third-order valence-corrected chi connectivity index (χ3v) is 3.94. The van der Waals surface area contributed by atoms with E-state index in [9.17, 15) is 9.18 Å². The van der Waals surface area contributed by atoms with Gasteiger partial charge in [-0.1, -0.05) is 0 Å². The van der Waals surface area contributed by atoms with Crippen LogP contribution in [0.1, 0.15) is 12.6 Å². The highest BCUT2D eigenvalue weighted by molar-refractivity contribution is 8.93. The molecule has 22 heavy (non-hydrogen) atoms. The molecule has 0 atom stereocenters. The van der Waals surface area contributed by atoms with Gasteiger partial charge >= 0.3 is 5.97 Å². The summed E-state index contributed by atoms with van der Waals surface area (Å²) >= 11 is 1.46. The normalized spacial score (nSPS) is 10.5. The van der Waals surface area contributed by atoms with Crippen LogP contribution < -0.4 is 0 Å². The van der Waals surface area contributed by atoms with E-state index in [0.29, 0.717) is 6.61 Å². The molecule has 1 aromatic carbocycles. The molecule has 0 radical (unpaired) electrons. The lowest BCUT2D eigenvalue weighted by Crippen LogP contribution is -2.08. The summed E-state index contributed by atoms with van der Waals surface area (Å²) in [5.41, 5.74) is 2.44. The SMILES string of the molecule is Br.CCOC(=O)Cc1csc2nc(-c3ccc(F)cc3)cn12. The number of ether oxygens (including phenoxy) is 1. The number of imidazole rings is 1. The molecule has 0 bridgehead atoms. The predicted molar refractivity (Wildman–Crippen MR) is 89.1 cm³/mol. The highest BCUT2D eigenvalue weighted by atomic mass is 79.9. The van der Waals surface area contributed by atoms with Crippen LogP contribution in [-0.4, -0.2) is 22.0 Å². The molecule has 0 aliphatic heterocycles. The first-order valence-electron chi connectivity index (χ1n) is 6.54. The van der Waals surface area contributed by atoms with Crippen molar-refractivity contribution in [3.05, 3.63) is 47.4 Å². The summed E-state index contributed by atoms with van der Waals surface area (Å²) in [5.74, 6) is -0.531. The molecule has 0 fully saturated rings. The predicted octanol–water partition coefficient (Wildman–Crippen LogP) is 3.89. The molecule has 2 heterocycles. The number of halogens is 2. The van der Waals surface area contributed by atoms with Crippen LogP contribution in [0, 0.1) is 5.82 Å². The minimum atomic E-state index is -0.275. The van der Waals surface area contributed by atoms with E-state index in [-0.39, 0.29) is 35.2 Å². The minimum Gasteiger partial charge on any atom is -0.466 e. The van der Waals surface area contributed by atoms with E-state index >= 15 is 0 Å². The van der Waals surface area contributed by atoms with Gasteiger partial charge in [-0.15, -0.1) is 28.3 Å². The first-order valence-corrected chi connectivity index (χ1v) is 7.42. The molecule has 2 aromatic heterocycles. The number of carbonyl (C=O) groups is 1. The van der Waals surface area contributed by atoms with Gasteiger partial charge in [0.2, 0.25) is 0 Å². The van der Waals surface area contributed by atoms with Gasteiger partial charge < -0.3 is 4.74 Å². The fourth-order valence-corrected chi connectivity index (χ4v) is 2.95. The molecule has 7 heteroatoms. The molecule has 0 saturated carbocycles. The van der Waals surface area contributed by atoms with Crippen LogP contribution in [0.2, 0.25) is 0 Å². The summed E-state index contributed by atoms with van der Waals surface area (Å²) in [6.45, 7) is 2.15. The van der Waals surface area contributed by atoms with Crippen molar-refractivity contribution in [2.24, 2.45) is 0 Å². The summed E-state index contributed by atoms with van der Waals surface area (Å²) in [5, 5.41) is 1.90. The maximum Gasteiger partial charge on any atom is 0.311 e. The van der Waals surface area contributed by atoms with Crippen molar-refractivity contribution >= 4 is 39.2 Å². The molecule has 3 aromatic rings. The average Bonchev–Trinajstić information content (AvgIpc) is 3.02. The van der Waals surface area contributed by atoms with E-state index in [0.717, 1.165) is 21.9 Å². The number of carbonyl (C=O) groups excluding carboxylic acids is 1. The van der Waals surface area contributed by atoms with Gasteiger partial charge in [-0.3, -0.25) is 9.20 Å². The average molecular weight is 385 g/mol. The molecule has 0 amide bonds. The number of thiazole rings is 1. The van der Waals surface area contributed by atoms with Crippen LogP contribution >= 0.6 is 28.3 Å². The number of rotatable bonds is 4. The third-order valence-electron chi connectivity index (χ3n) is 3.05. The van der Waals surface area contributed by atoms with Gasteiger partial charge in [0, 0.05) is 22.8 Å². The number of benzene rings is 1. The Labute approximate surface area is 141 Å². The molecular weight excluding hydrogens is 371 g/mol. The Kier molecular flexibility index (Phi) is 5.31. The van der Waals surface area contributed by atoms with Crippen LogP contribution in [0.3, 0.4) is 0 Å². The van der Waals surface area contributed by atoms with Crippen LogP contribution in [-0.2, 0) is 16.0 Å². The van der Waals surface area contributed by atoms with Gasteiger partial charge in [-0.25, -0.2) is 9.37 Å². The maximum absolute atomic E-state index is 13.0. The monoisotopic (exact) mass is 384 g/mol. The van der Waals surface area contributed by atoms with Crippen LogP contribution in [0.5, 0.6) is 0 Å². The van der Waals surface area contributed by atoms with Crippen LogP contribution in [0.25, 0.3) is 16.2 Å². The summed E-state index contributed by atoms with van der Waals surface area (Å²) in [6, 6.07) is 6.18. The van der Waals surface area contributed by atoms with Gasteiger partial charge in [0.15, 0.2) is 4.96 Å². The van der Waals surface area contributed by atoms with E-state index < -0.39 is 0 Å². The van der Waals surface area contributed by atoms with Crippen molar-refractivity contribution in [1.29, 1.82) is 0 Å². The molecule has 0 N–H and O–H groups in total. The van der Waals surface area contributed by atoms with E-state index in [1.54, 1.807) is 19.1 Å². The summed E-state index contributed by atoms with van der Waals surface area (Å²) in [4.78, 5) is 16.9. The van der Waals surface area contributed by atoms with Gasteiger partial charge in [0.05, 0.1) is 18.7 Å². The Morgan fingerprint density at radius 1 is 1.36 bits per heavy atom. The molecule has 0 spiro atoms. The number of nitrogens with zero attached hydrogens (tertiary/aromatic N) is 2. The Morgan fingerprint density at radius 2 is 2.09 bits per heavy atom. The smallest absolute Gasteiger partial charge is 0.311 e. The number of esters is 1. The topological polar surface area (TPSA) is 43.6 Å². The van der Waals surface area contributed by atoms with E-state index in [1.807, 2.05) is 16.0 Å². The lowest BCUT2D eigenvalue weighted by molar-refractivity contribution is -0.142. The fraction of sp³-hybridized carbons (Fsp3) is 0.200. The first kappa shape index (κ1) is 16.6. The zero-order valence-corrected chi connectivity index (χ0v) is 14.3. The Hall–Kier alpha value is -1.73. The lowest BCUT2D eigenvalue weighted by atomic mass is 10.2. The zero-order valence-electron chi connectivity index (χ0n) is 11.8. The van der Waals surface area contributed by atoms with Crippen molar-refractivity contribution in [2.75, 3.05) is 6.61 Å². The summed E-state index contributed by atoms with van der Waals surface area (Å²) in [7, 11) is 0. The van der Waals surface area contributed by atoms with Crippen molar-refractivity contribution in [3.63, 3.8) is 0 Å². The molecular formula is C15H14BrFN2O2S. The highest BCUT2D eigenvalue weighted by Crippen LogP contribution is 2.24. The standard InChI is InChI=1S/C15H13FN2O2S.BrH/c1-2-20-14(19)7-12-9-21-15-17-13(8-18(12)15)10-3-5-11(16)6-4-10;/h3-6,8-9H,2,7H2,1H3;1H. The lowest BCUT2D eigenvalue weighted by Gasteiger charge is -2.00. The summed E-state index contributed by atoms with van der Waals surface area (Å²) in [6.07, 6.45) is 2.07. The largest absolute Gasteiger partial charge is 0.466 e. The number of hydrogen-bond acceptors (Lipinski definition) is 4. The van der Waals surface area contributed by atoms with Gasteiger partial charge in [-0.2, -0.15) is 0 Å². The van der Waals surface area contributed by atoms with Gasteiger partial charge in [0.25, 0.3) is 0 Å². The molecule has 3 rings (SSSR count). The first-order chi connectivity index (χ1) is 10.2. The van der Waals surface area contributed by atoms with E-state index in [1.165, 1.54) is 23.5 Å². The Morgan fingerprint density at radius 3 is 2.77 bits per heavy atom. The van der Waals surface area contributed by atoms with Crippen molar-refractivity contribution in [2.45, 2.75) is 13.3 Å². The Balaban J connectivity index is 0.00000176. The third kappa shape index (κ3) is 3.36. The maximum atomic E-state index is 13.0. The molecule has 0 aliphatic carbocycles. The second-order valence-corrected chi connectivity index (χ2v) is 5.33. The highest BCUT2D eigenvalue weighted by Gasteiger charge is 2.13. The molecule has 0 unspecified atom stereocenters. The zero-order chi connectivity index (χ0) is 14.8. The quantitative estimate of drug-likeness (QED) is 0.641. The van der Waals surface area contributed by atoms with Gasteiger partial charge in [-0.05, 0) is 31.2 Å². The van der Waals surface area contributed by atoms with Crippen LogP contribution in [0.4, 0.5) is 4.39 Å². The minimum absolute atomic E-state index is 0. The number of aromatic nitrogens is 2. The van der Waals surface area contributed by atoms with Crippen molar-refractivity contribution in [1.82, 2.24) is 9.38 Å². The second-order valence-electron chi connectivity index (χ2n) is 4.49. The second kappa shape index (κ2) is 7.02. The van der Waals surface area contributed by atoms with Gasteiger partial charge in [0.1, 0.15) is 5.82 Å². The molecule has 0 aliphatic rings. The molecule has 0 saturated heterocycles. The number of fused-ring (bicyclic) bond motifs is 1. The summed E-state index contributed by atoms with van der Waals surface area (Å²) < 4.78 is 19.8. The van der Waals surface area contributed by atoms with Crippen LogP contribution in [0.15, 0.2) is 35.8 Å². The number of hydrogen-bond donors (Lipinski definition) is 0. The fourth-order valence-electron chi connectivity index (χ4n) is 2.08.